The van der Waals surface area contributed by atoms with Crippen molar-refractivity contribution in [2.75, 3.05) is 42.7 Å². The number of carbonyl (C=O) groups is 1. The summed E-state index contributed by atoms with van der Waals surface area (Å²) in [5.41, 5.74) is 3.51. The van der Waals surface area contributed by atoms with Crippen molar-refractivity contribution in [3.05, 3.63) is 91.2 Å². The molecular formula is C38H60MgO9. The fraction of sp³-hybridized carbons (Fsp3) is 0.395. The Labute approximate surface area is 307 Å². The van der Waals surface area contributed by atoms with Crippen LogP contribution in [0.5, 0.6) is 34.5 Å². The standard InChI is InChI=1S/C12H18O3.C12H16O2.C9H11O2.C3H6O.CH4.CH3.Mg.H2O/c1-12(2,13)8-9-5-10(14-3)7-11(6-9)15-4;1-9(2)5-10-6-11(13-3)8-12(7-10)14-4;1-7-4-8(10-2)6-9(5-7)11-3;1-3(2)4;;;;/h5-7,13H,8H2,1-4H3;5-8H,1-4H3;4-6H,1H2,2-3H3;1-2H3;1H4;1H3;;1H2/q;;-1;;;-1;+2;. The average Bonchev–Trinajstić information content (AvgIpc) is 2.95. The Kier molecular flexibility index (Phi) is 31.9. The van der Waals surface area contributed by atoms with E-state index in [1.165, 1.54) is 19.4 Å². The summed E-state index contributed by atoms with van der Waals surface area (Å²) in [6, 6.07) is 17.0. The van der Waals surface area contributed by atoms with E-state index in [0.717, 1.165) is 51.2 Å². The SMILES string of the molecule is C.CC(C)=O.COc1cc(C=C(C)C)cc(OC)c1.COc1cc(CC(C)(C)O)cc(OC)c1.O.[CH2-]c1cc(OC)cc(OC)c1.[CH3-].[Mg+2]. The smallest absolute Gasteiger partial charge is 0.509 e. The van der Waals surface area contributed by atoms with E-state index >= 15 is 0 Å². The normalized spacial score (nSPS) is 8.94. The van der Waals surface area contributed by atoms with Crippen LogP contribution in [-0.4, -0.2) is 87.7 Å². The number of aliphatic hydroxyl groups is 1. The van der Waals surface area contributed by atoms with Crippen molar-refractivity contribution in [2.24, 2.45) is 0 Å². The van der Waals surface area contributed by atoms with Gasteiger partial charge >= 0.3 is 23.1 Å². The molecule has 3 aromatic rings. The molecule has 0 aliphatic rings. The maximum Gasteiger partial charge on any atom is 2.00 e. The van der Waals surface area contributed by atoms with Gasteiger partial charge in [0.25, 0.3) is 0 Å². The molecule has 0 saturated carbocycles. The number of ketones is 1. The summed E-state index contributed by atoms with van der Waals surface area (Å²) < 4.78 is 30.7. The predicted molar refractivity (Wildman–Crippen MR) is 201 cm³/mol. The summed E-state index contributed by atoms with van der Waals surface area (Å²) in [6.45, 7) is 14.5. The first-order chi connectivity index (χ1) is 20.6. The maximum atomic E-state index is 9.72. The third-order valence-electron chi connectivity index (χ3n) is 5.29. The Morgan fingerprint density at radius 2 is 0.938 bits per heavy atom. The first-order valence-corrected chi connectivity index (χ1v) is 13.9. The van der Waals surface area contributed by atoms with E-state index in [9.17, 15) is 9.90 Å². The second-order valence-electron chi connectivity index (χ2n) is 10.7. The van der Waals surface area contributed by atoms with E-state index in [1.54, 1.807) is 56.5 Å². The van der Waals surface area contributed by atoms with Gasteiger partial charge in [-0.3, -0.25) is 0 Å². The minimum absolute atomic E-state index is 0. The number of rotatable bonds is 9. The molecule has 0 aromatic heterocycles. The van der Waals surface area contributed by atoms with Gasteiger partial charge in [-0.1, -0.05) is 19.1 Å². The fourth-order valence-electron chi connectivity index (χ4n) is 3.58. The molecule has 0 heterocycles. The van der Waals surface area contributed by atoms with Gasteiger partial charge in [-0.15, -0.1) is 12.1 Å². The molecule has 0 saturated heterocycles. The van der Waals surface area contributed by atoms with Crippen LogP contribution in [0.3, 0.4) is 0 Å². The number of allylic oxidation sites excluding steroid dienone is 1. The van der Waals surface area contributed by atoms with Gasteiger partial charge < -0.3 is 51.2 Å². The average molecular weight is 685 g/mol. The molecule has 48 heavy (non-hydrogen) atoms. The van der Waals surface area contributed by atoms with Gasteiger partial charge in [0.2, 0.25) is 0 Å². The molecule has 0 aliphatic carbocycles. The Morgan fingerprint density at radius 3 is 1.19 bits per heavy atom. The summed E-state index contributed by atoms with van der Waals surface area (Å²) in [6.07, 6.45) is 2.66. The van der Waals surface area contributed by atoms with Crippen LogP contribution in [0.15, 0.2) is 60.2 Å². The molecule has 268 valence electrons. The van der Waals surface area contributed by atoms with Crippen LogP contribution in [0.2, 0.25) is 0 Å². The number of carbonyl (C=O) groups excluding carboxylic acids is 1. The maximum absolute atomic E-state index is 9.72. The van der Waals surface area contributed by atoms with Gasteiger partial charge in [0.15, 0.2) is 0 Å². The zero-order chi connectivity index (χ0) is 33.9. The largest absolute Gasteiger partial charge is 2.00 e. The van der Waals surface area contributed by atoms with E-state index in [2.05, 4.69) is 26.8 Å². The van der Waals surface area contributed by atoms with Crippen molar-refractivity contribution in [1.82, 2.24) is 0 Å². The first-order valence-electron chi connectivity index (χ1n) is 13.9. The molecule has 0 fully saturated rings. The van der Waals surface area contributed by atoms with Gasteiger partial charge in [0.05, 0.1) is 59.8 Å². The van der Waals surface area contributed by atoms with Crippen LogP contribution >= 0.6 is 0 Å². The number of ether oxygens (including phenoxy) is 6. The van der Waals surface area contributed by atoms with Crippen LogP contribution in [0.4, 0.5) is 0 Å². The Hall–Kier alpha value is -3.57. The minimum atomic E-state index is -0.725. The van der Waals surface area contributed by atoms with Crippen molar-refractivity contribution in [3.8, 4) is 34.5 Å². The number of benzene rings is 3. The van der Waals surface area contributed by atoms with E-state index in [4.69, 9.17) is 28.4 Å². The summed E-state index contributed by atoms with van der Waals surface area (Å²) in [5, 5.41) is 9.72. The van der Waals surface area contributed by atoms with Crippen LogP contribution in [0.25, 0.3) is 6.08 Å². The van der Waals surface area contributed by atoms with E-state index in [0.29, 0.717) is 6.42 Å². The van der Waals surface area contributed by atoms with Crippen LogP contribution < -0.4 is 28.4 Å². The summed E-state index contributed by atoms with van der Waals surface area (Å²) in [7, 11) is 9.77. The Balaban J connectivity index is -0.000000177. The topological polar surface area (TPSA) is 124 Å². The predicted octanol–water partition coefficient (Wildman–Crippen LogP) is 7.51. The second-order valence-corrected chi connectivity index (χ2v) is 10.7. The van der Waals surface area contributed by atoms with Gasteiger partial charge in [-0.05, 0) is 83.0 Å². The van der Waals surface area contributed by atoms with E-state index in [-0.39, 0.29) is 49.2 Å². The van der Waals surface area contributed by atoms with Gasteiger partial charge in [0.1, 0.15) is 28.8 Å². The van der Waals surface area contributed by atoms with E-state index < -0.39 is 5.60 Å². The van der Waals surface area contributed by atoms with Crippen LogP contribution in [0, 0.1) is 14.4 Å². The quantitative estimate of drug-likeness (QED) is 0.181. The molecule has 3 rings (SSSR count). The summed E-state index contributed by atoms with van der Waals surface area (Å²) >= 11 is 0. The molecule has 10 heteroatoms. The van der Waals surface area contributed by atoms with E-state index in [1.807, 2.05) is 54.6 Å². The molecule has 3 N–H and O–H groups in total. The van der Waals surface area contributed by atoms with Crippen molar-refractivity contribution >= 4 is 34.9 Å². The first kappa shape index (κ1) is 53.9. The fourth-order valence-corrected chi connectivity index (χ4v) is 3.58. The van der Waals surface area contributed by atoms with Crippen molar-refractivity contribution < 1.29 is 43.8 Å². The monoisotopic (exact) mass is 684 g/mol. The molecule has 0 aliphatic heterocycles. The van der Waals surface area contributed by atoms with Crippen molar-refractivity contribution in [3.63, 3.8) is 0 Å². The minimum Gasteiger partial charge on any atom is -0.509 e. The van der Waals surface area contributed by atoms with Gasteiger partial charge in [0, 0.05) is 18.6 Å². The number of methoxy groups -OCH3 is 6. The number of Topliss-reactive ketones (excluding diaryl/α,β-unsaturated/α-hetero) is 1. The van der Waals surface area contributed by atoms with Crippen LogP contribution in [-0.2, 0) is 11.2 Å². The van der Waals surface area contributed by atoms with Crippen molar-refractivity contribution in [2.45, 2.75) is 61.0 Å². The number of hydrogen-bond acceptors (Lipinski definition) is 8. The molecule has 0 radical (unpaired) electrons. The molecular weight excluding hydrogens is 625 g/mol. The summed E-state index contributed by atoms with van der Waals surface area (Å²) in [5.74, 6) is 4.83. The molecule has 3 aromatic carbocycles. The van der Waals surface area contributed by atoms with Crippen LogP contribution in [0.1, 0.15) is 65.7 Å². The molecule has 0 bridgehead atoms. The molecule has 9 nitrogen and oxygen atoms in total. The zero-order valence-corrected chi connectivity index (χ0v) is 32.1. The Morgan fingerprint density at radius 1 is 0.667 bits per heavy atom. The number of hydrogen-bond donors (Lipinski definition) is 1. The second kappa shape index (κ2) is 28.4. The van der Waals surface area contributed by atoms with Gasteiger partial charge in [-0.25, -0.2) is 0 Å². The summed E-state index contributed by atoms with van der Waals surface area (Å²) in [4.78, 5) is 9.44. The molecule has 0 amide bonds. The third kappa shape index (κ3) is 25.5. The molecule has 0 unspecified atom stereocenters. The van der Waals surface area contributed by atoms with Crippen molar-refractivity contribution in [1.29, 1.82) is 0 Å². The molecule has 0 spiro atoms. The van der Waals surface area contributed by atoms with Gasteiger partial charge in [-0.2, -0.15) is 12.5 Å². The Bertz CT molecular complexity index is 1240. The molecule has 0 atom stereocenters. The third-order valence-corrected chi connectivity index (χ3v) is 5.29. The zero-order valence-electron chi connectivity index (χ0n) is 30.7.